The summed E-state index contributed by atoms with van der Waals surface area (Å²) in [4.78, 5) is 12.1. The van der Waals surface area contributed by atoms with E-state index in [0.717, 1.165) is 15.9 Å². The van der Waals surface area contributed by atoms with Crippen LogP contribution >= 0.6 is 0 Å². The van der Waals surface area contributed by atoms with Gasteiger partial charge in [0.15, 0.2) is 0 Å². The molecule has 0 heterocycles. The molecular weight excluding hydrogens is 391 g/mol. The minimum atomic E-state index is -4.23. The van der Waals surface area contributed by atoms with Crippen LogP contribution in [0.2, 0.25) is 0 Å². The van der Waals surface area contributed by atoms with Crippen LogP contribution in [0.15, 0.2) is 83.8 Å². The highest BCUT2D eigenvalue weighted by atomic mass is 32.2. The summed E-state index contributed by atoms with van der Waals surface area (Å²) in [6.07, 6.45) is 0. The molecule has 0 spiro atoms. The van der Waals surface area contributed by atoms with E-state index in [0.29, 0.717) is 11.3 Å². The fraction of sp³-hybridized carbons (Fsp3) is 0.136. The SMILES string of the molecule is Cc1cccc(NC(=O)CN(Cc2ccccc2)S(=O)(=O)c2ccccc2F)c1. The van der Waals surface area contributed by atoms with E-state index in [1.807, 2.05) is 19.1 Å². The Balaban J connectivity index is 1.88. The third-order valence-corrected chi connectivity index (χ3v) is 6.10. The first-order chi connectivity index (χ1) is 13.9. The van der Waals surface area contributed by atoms with Crippen LogP contribution in [0.4, 0.5) is 10.1 Å². The zero-order valence-electron chi connectivity index (χ0n) is 15.9. The van der Waals surface area contributed by atoms with Gasteiger partial charge in [0.05, 0.1) is 6.54 Å². The van der Waals surface area contributed by atoms with E-state index in [4.69, 9.17) is 0 Å². The molecule has 0 fully saturated rings. The van der Waals surface area contributed by atoms with E-state index in [-0.39, 0.29) is 6.54 Å². The fourth-order valence-electron chi connectivity index (χ4n) is 2.89. The molecule has 0 atom stereocenters. The first-order valence-corrected chi connectivity index (χ1v) is 10.5. The molecule has 1 amide bonds. The molecule has 3 aromatic rings. The minimum Gasteiger partial charge on any atom is -0.325 e. The summed E-state index contributed by atoms with van der Waals surface area (Å²) >= 11 is 0. The van der Waals surface area contributed by atoms with Crippen molar-refractivity contribution in [2.45, 2.75) is 18.4 Å². The Morgan fingerprint density at radius 2 is 1.66 bits per heavy atom. The molecular formula is C22H21FN2O3S. The van der Waals surface area contributed by atoms with Gasteiger partial charge in [0, 0.05) is 12.2 Å². The third kappa shape index (κ3) is 5.28. The minimum absolute atomic E-state index is 0.0568. The van der Waals surface area contributed by atoms with Crippen molar-refractivity contribution >= 4 is 21.6 Å². The molecule has 0 aliphatic rings. The van der Waals surface area contributed by atoms with E-state index in [2.05, 4.69) is 5.32 Å². The van der Waals surface area contributed by atoms with E-state index >= 15 is 0 Å². The van der Waals surface area contributed by atoms with Crippen LogP contribution in [0.25, 0.3) is 0 Å². The van der Waals surface area contributed by atoms with Crippen molar-refractivity contribution in [1.29, 1.82) is 0 Å². The monoisotopic (exact) mass is 412 g/mol. The zero-order chi connectivity index (χ0) is 20.9. The number of sulfonamides is 1. The maximum absolute atomic E-state index is 14.2. The largest absolute Gasteiger partial charge is 0.325 e. The summed E-state index contributed by atoms with van der Waals surface area (Å²) < 4.78 is 41.4. The van der Waals surface area contributed by atoms with Gasteiger partial charge >= 0.3 is 0 Å². The molecule has 3 rings (SSSR count). The van der Waals surface area contributed by atoms with Gasteiger partial charge < -0.3 is 5.32 Å². The number of anilines is 1. The Bertz CT molecular complexity index is 1100. The summed E-state index contributed by atoms with van der Waals surface area (Å²) in [5.41, 5.74) is 2.22. The first-order valence-electron chi connectivity index (χ1n) is 9.01. The molecule has 150 valence electrons. The predicted octanol–water partition coefficient (Wildman–Crippen LogP) is 3.96. The zero-order valence-corrected chi connectivity index (χ0v) is 16.7. The van der Waals surface area contributed by atoms with Gasteiger partial charge in [-0.05, 0) is 42.3 Å². The average molecular weight is 412 g/mol. The summed E-state index contributed by atoms with van der Waals surface area (Å²) in [6, 6.07) is 21.2. The Kier molecular flexibility index (Phi) is 6.41. The maximum Gasteiger partial charge on any atom is 0.246 e. The average Bonchev–Trinajstić information content (AvgIpc) is 2.68. The van der Waals surface area contributed by atoms with Crippen LogP contribution in [0.3, 0.4) is 0 Å². The van der Waals surface area contributed by atoms with Gasteiger partial charge in [-0.3, -0.25) is 4.79 Å². The second-order valence-electron chi connectivity index (χ2n) is 6.61. The number of nitrogens with zero attached hydrogens (tertiary/aromatic N) is 1. The predicted molar refractivity (Wildman–Crippen MR) is 110 cm³/mol. The summed E-state index contributed by atoms with van der Waals surface area (Å²) in [7, 11) is -4.23. The highest BCUT2D eigenvalue weighted by Crippen LogP contribution is 2.21. The van der Waals surface area contributed by atoms with Gasteiger partial charge in [-0.1, -0.05) is 54.6 Å². The van der Waals surface area contributed by atoms with Crippen molar-refractivity contribution in [1.82, 2.24) is 4.31 Å². The van der Waals surface area contributed by atoms with Crippen LogP contribution in [0, 0.1) is 12.7 Å². The van der Waals surface area contributed by atoms with Gasteiger partial charge in [-0.15, -0.1) is 0 Å². The molecule has 1 N–H and O–H groups in total. The number of halogens is 1. The number of nitrogens with one attached hydrogen (secondary N) is 1. The standard InChI is InChI=1S/C22H21FN2O3S/c1-17-8-7-11-19(14-17)24-22(26)16-25(15-18-9-3-2-4-10-18)29(27,28)21-13-6-5-12-20(21)23/h2-14H,15-16H2,1H3,(H,24,26). The lowest BCUT2D eigenvalue weighted by Gasteiger charge is -2.22. The number of hydrogen-bond acceptors (Lipinski definition) is 3. The quantitative estimate of drug-likeness (QED) is 0.639. The van der Waals surface area contributed by atoms with Crippen LogP contribution in [-0.2, 0) is 21.4 Å². The number of benzene rings is 3. The topological polar surface area (TPSA) is 66.5 Å². The lowest BCUT2D eigenvalue weighted by atomic mass is 10.2. The van der Waals surface area contributed by atoms with Crippen molar-refractivity contribution in [3.63, 3.8) is 0 Å². The lowest BCUT2D eigenvalue weighted by Crippen LogP contribution is -2.38. The van der Waals surface area contributed by atoms with E-state index < -0.39 is 33.2 Å². The van der Waals surface area contributed by atoms with Gasteiger partial charge in [0.1, 0.15) is 10.7 Å². The smallest absolute Gasteiger partial charge is 0.246 e. The molecule has 0 aliphatic carbocycles. The van der Waals surface area contributed by atoms with Crippen LogP contribution in [-0.4, -0.2) is 25.2 Å². The van der Waals surface area contributed by atoms with E-state index in [1.165, 1.54) is 18.2 Å². The van der Waals surface area contributed by atoms with E-state index in [9.17, 15) is 17.6 Å². The molecule has 29 heavy (non-hydrogen) atoms. The van der Waals surface area contributed by atoms with Gasteiger partial charge in [-0.2, -0.15) is 4.31 Å². The molecule has 0 aliphatic heterocycles. The molecule has 0 radical (unpaired) electrons. The second-order valence-corrected chi connectivity index (χ2v) is 8.51. The summed E-state index contributed by atoms with van der Waals surface area (Å²) in [6.45, 7) is 1.39. The molecule has 7 heteroatoms. The second kappa shape index (κ2) is 8.98. The maximum atomic E-state index is 14.2. The highest BCUT2D eigenvalue weighted by molar-refractivity contribution is 7.89. The number of amides is 1. The van der Waals surface area contributed by atoms with Crippen molar-refractivity contribution in [3.8, 4) is 0 Å². The van der Waals surface area contributed by atoms with Gasteiger partial charge in [0.25, 0.3) is 0 Å². The molecule has 0 saturated carbocycles. The molecule has 0 bridgehead atoms. The molecule has 3 aromatic carbocycles. The van der Waals surface area contributed by atoms with Crippen molar-refractivity contribution in [3.05, 3.63) is 95.8 Å². The van der Waals surface area contributed by atoms with Gasteiger partial charge in [0.2, 0.25) is 15.9 Å². The number of carbonyl (C=O) groups is 1. The van der Waals surface area contributed by atoms with Crippen LogP contribution < -0.4 is 5.32 Å². The molecule has 0 saturated heterocycles. The molecule has 5 nitrogen and oxygen atoms in total. The van der Waals surface area contributed by atoms with Crippen LogP contribution in [0.5, 0.6) is 0 Å². The fourth-order valence-corrected chi connectivity index (χ4v) is 4.34. The summed E-state index contributed by atoms with van der Waals surface area (Å²) in [5.74, 6) is -1.36. The molecule has 0 aromatic heterocycles. The van der Waals surface area contributed by atoms with Crippen LogP contribution in [0.1, 0.15) is 11.1 Å². The number of rotatable bonds is 7. The summed E-state index contributed by atoms with van der Waals surface area (Å²) in [5, 5.41) is 2.70. The Labute approximate surface area is 169 Å². The number of hydrogen-bond donors (Lipinski definition) is 1. The van der Waals surface area contributed by atoms with E-state index in [1.54, 1.807) is 42.5 Å². The highest BCUT2D eigenvalue weighted by Gasteiger charge is 2.29. The Morgan fingerprint density at radius 3 is 2.34 bits per heavy atom. The third-order valence-electron chi connectivity index (χ3n) is 4.28. The van der Waals surface area contributed by atoms with Gasteiger partial charge in [-0.25, -0.2) is 12.8 Å². The van der Waals surface area contributed by atoms with Crippen molar-refractivity contribution in [2.75, 3.05) is 11.9 Å². The normalized spacial score (nSPS) is 11.4. The first kappa shape index (κ1) is 20.7. The van der Waals surface area contributed by atoms with Crippen molar-refractivity contribution < 1.29 is 17.6 Å². The van der Waals surface area contributed by atoms with Crippen molar-refractivity contribution in [2.24, 2.45) is 0 Å². The number of carbonyl (C=O) groups excluding carboxylic acids is 1. The lowest BCUT2D eigenvalue weighted by molar-refractivity contribution is -0.116. The Hall–Kier alpha value is -3.03. The Morgan fingerprint density at radius 1 is 0.966 bits per heavy atom. The molecule has 0 unspecified atom stereocenters. The number of aryl methyl sites for hydroxylation is 1.